The van der Waals surface area contributed by atoms with Crippen LogP contribution >= 0.6 is 11.8 Å². The highest BCUT2D eigenvalue weighted by Gasteiger charge is 2.15. The van der Waals surface area contributed by atoms with Crippen LogP contribution in [0.15, 0.2) is 69.0 Å². The van der Waals surface area contributed by atoms with E-state index in [1.807, 2.05) is 61.5 Å². The van der Waals surface area contributed by atoms with Crippen LogP contribution in [-0.4, -0.2) is 28.3 Å². The Labute approximate surface area is 178 Å². The molecule has 30 heavy (non-hydrogen) atoms. The monoisotopic (exact) mass is 421 g/mol. The minimum atomic E-state index is -0.0268. The summed E-state index contributed by atoms with van der Waals surface area (Å²) in [6.45, 7) is 3.06. The summed E-state index contributed by atoms with van der Waals surface area (Å²) >= 11 is 1.50. The summed E-state index contributed by atoms with van der Waals surface area (Å²) in [6, 6.07) is 17.3. The van der Waals surface area contributed by atoms with Crippen LogP contribution in [0.5, 0.6) is 0 Å². The second kappa shape index (κ2) is 9.28. The van der Waals surface area contributed by atoms with Gasteiger partial charge in [-0.3, -0.25) is 9.36 Å². The molecule has 2 aromatic heterocycles. The first-order chi connectivity index (χ1) is 14.7. The molecule has 6 nitrogen and oxygen atoms in total. The summed E-state index contributed by atoms with van der Waals surface area (Å²) in [5.74, 6) is 1.94. The van der Waals surface area contributed by atoms with Gasteiger partial charge in [-0.2, -0.15) is 0 Å². The average Bonchev–Trinajstić information content (AvgIpc) is 3.15. The van der Waals surface area contributed by atoms with E-state index in [2.05, 4.69) is 4.98 Å². The van der Waals surface area contributed by atoms with Crippen molar-refractivity contribution in [2.45, 2.75) is 30.8 Å². The molecule has 2 aromatic carbocycles. The first kappa shape index (κ1) is 20.4. The van der Waals surface area contributed by atoms with Gasteiger partial charge in [0.2, 0.25) is 5.89 Å². The first-order valence-electron chi connectivity index (χ1n) is 9.80. The van der Waals surface area contributed by atoms with Crippen LogP contribution in [0, 0.1) is 6.92 Å². The van der Waals surface area contributed by atoms with Gasteiger partial charge in [-0.15, -0.1) is 0 Å². The van der Waals surface area contributed by atoms with Crippen LogP contribution in [0.25, 0.3) is 22.4 Å². The summed E-state index contributed by atoms with van der Waals surface area (Å²) in [6.07, 6.45) is 0.741. The normalized spacial score (nSPS) is 11.3. The summed E-state index contributed by atoms with van der Waals surface area (Å²) < 4.78 is 12.8. The lowest BCUT2D eigenvalue weighted by atomic mass is 10.2. The first-order valence-corrected chi connectivity index (χ1v) is 10.8. The van der Waals surface area contributed by atoms with Gasteiger partial charge >= 0.3 is 0 Å². The largest absolute Gasteiger partial charge is 0.441 e. The van der Waals surface area contributed by atoms with Crippen molar-refractivity contribution in [3.63, 3.8) is 0 Å². The Morgan fingerprint density at radius 3 is 2.63 bits per heavy atom. The fourth-order valence-corrected chi connectivity index (χ4v) is 4.25. The third-order valence-corrected chi connectivity index (χ3v) is 5.80. The molecular formula is C23H23N3O3S. The van der Waals surface area contributed by atoms with Gasteiger partial charge in [0.1, 0.15) is 5.76 Å². The van der Waals surface area contributed by atoms with Gasteiger partial charge in [-0.25, -0.2) is 9.97 Å². The SMILES string of the molecule is COCCCn1c(SCc2nc(-c3ccccc3)oc2C)nc2ccccc2c1=O. The van der Waals surface area contributed by atoms with Crippen molar-refractivity contribution in [3.05, 3.63) is 76.4 Å². The molecule has 0 bridgehead atoms. The van der Waals surface area contributed by atoms with Gasteiger partial charge in [0.15, 0.2) is 5.16 Å². The fraction of sp³-hybridized carbons (Fsp3) is 0.261. The smallest absolute Gasteiger partial charge is 0.262 e. The van der Waals surface area contributed by atoms with Crippen molar-refractivity contribution in [1.29, 1.82) is 0 Å². The highest BCUT2D eigenvalue weighted by Crippen LogP contribution is 2.27. The lowest BCUT2D eigenvalue weighted by Gasteiger charge is -2.12. The molecule has 2 heterocycles. The fourth-order valence-electron chi connectivity index (χ4n) is 3.22. The van der Waals surface area contributed by atoms with Gasteiger partial charge in [-0.05, 0) is 37.6 Å². The van der Waals surface area contributed by atoms with Gasteiger partial charge in [0.25, 0.3) is 5.56 Å². The van der Waals surface area contributed by atoms with Crippen molar-refractivity contribution in [3.8, 4) is 11.5 Å². The van der Waals surface area contributed by atoms with Gasteiger partial charge in [-0.1, -0.05) is 42.1 Å². The summed E-state index contributed by atoms with van der Waals surface area (Å²) in [4.78, 5) is 22.5. The predicted octanol–water partition coefficient (Wildman–Crippen LogP) is 4.69. The molecule has 0 saturated heterocycles. The Morgan fingerprint density at radius 2 is 1.83 bits per heavy atom. The number of fused-ring (bicyclic) bond motifs is 1. The van der Waals surface area contributed by atoms with Crippen molar-refractivity contribution >= 4 is 22.7 Å². The van der Waals surface area contributed by atoms with E-state index in [0.29, 0.717) is 40.9 Å². The van der Waals surface area contributed by atoms with Gasteiger partial charge < -0.3 is 9.15 Å². The number of ether oxygens (including phenoxy) is 1. The minimum absolute atomic E-state index is 0.0268. The third kappa shape index (κ3) is 4.32. The Kier molecular flexibility index (Phi) is 6.30. The zero-order valence-corrected chi connectivity index (χ0v) is 17.8. The predicted molar refractivity (Wildman–Crippen MR) is 119 cm³/mol. The van der Waals surface area contributed by atoms with E-state index >= 15 is 0 Å². The minimum Gasteiger partial charge on any atom is -0.441 e. The van der Waals surface area contributed by atoms with E-state index in [-0.39, 0.29) is 5.56 Å². The molecule has 4 aromatic rings. The summed E-state index contributed by atoms with van der Waals surface area (Å²) in [5, 5.41) is 1.31. The van der Waals surface area contributed by atoms with Crippen LogP contribution in [0.1, 0.15) is 17.9 Å². The number of para-hydroxylation sites is 1. The second-order valence-corrected chi connectivity index (χ2v) is 7.83. The Balaban J connectivity index is 1.63. The van der Waals surface area contributed by atoms with Crippen LogP contribution in [0.4, 0.5) is 0 Å². The molecule has 0 atom stereocenters. The zero-order valence-electron chi connectivity index (χ0n) is 17.0. The third-order valence-electron chi connectivity index (χ3n) is 4.81. The van der Waals surface area contributed by atoms with Crippen LogP contribution in [-0.2, 0) is 17.0 Å². The highest BCUT2D eigenvalue weighted by atomic mass is 32.2. The molecule has 7 heteroatoms. The number of aromatic nitrogens is 3. The molecular weight excluding hydrogens is 398 g/mol. The molecule has 154 valence electrons. The number of benzene rings is 2. The van der Waals surface area contributed by atoms with Crippen molar-refractivity contribution in [2.24, 2.45) is 0 Å². The maximum Gasteiger partial charge on any atom is 0.262 e. The highest BCUT2D eigenvalue weighted by molar-refractivity contribution is 7.98. The number of aryl methyl sites for hydroxylation is 1. The molecule has 0 fully saturated rings. The molecule has 0 spiro atoms. The van der Waals surface area contributed by atoms with E-state index in [1.165, 1.54) is 11.8 Å². The number of rotatable bonds is 8. The van der Waals surface area contributed by atoms with E-state index in [9.17, 15) is 4.79 Å². The van der Waals surface area contributed by atoms with Crippen LogP contribution in [0.3, 0.4) is 0 Å². The number of methoxy groups -OCH3 is 1. The molecule has 4 rings (SSSR count). The maximum absolute atomic E-state index is 13.0. The van der Waals surface area contributed by atoms with E-state index in [4.69, 9.17) is 14.1 Å². The Hall–Kier alpha value is -2.90. The number of hydrogen-bond donors (Lipinski definition) is 0. The topological polar surface area (TPSA) is 70.2 Å². The molecule has 0 aliphatic carbocycles. The van der Waals surface area contributed by atoms with Crippen LogP contribution < -0.4 is 5.56 Å². The lowest BCUT2D eigenvalue weighted by Crippen LogP contribution is -2.24. The molecule has 0 saturated carbocycles. The quantitative estimate of drug-likeness (QED) is 0.234. The second-order valence-electron chi connectivity index (χ2n) is 6.89. The van der Waals surface area contributed by atoms with E-state index in [0.717, 1.165) is 23.4 Å². The Morgan fingerprint density at radius 1 is 1.07 bits per heavy atom. The average molecular weight is 422 g/mol. The van der Waals surface area contributed by atoms with E-state index < -0.39 is 0 Å². The molecule has 0 unspecified atom stereocenters. The number of hydrogen-bond acceptors (Lipinski definition) is 6. The van der Waals surface area contributed by atoms with Crippen molar-refractivity contribution in [2.75, 3.05) is 13.7 Å². The lowest BCUT2D eigenvalue weighted by molar-refractivity contribution is 0.189. The summed E-state index contributed by atoms with van der Waals surface area (Å²) in [7, 11) is 1.66. The molecule has 0 radical (unpaired) electrons. The number of oxazole rings is 1. The molecule has 0 N–H and O–H groups in total. The van der Waals surface area contributed by atoms with E-state index in [1.54, 1.807) is 11.7 Å². The van der Waals surface area contributed by atoms with Gasteiger partial charge in [0, 0.05) is 31.6 Å². The molecule has 0 aliphatic heterocycles. The van der Waals surface area contributed by atoms with Crippen LogP contribution in [0.2, 0.25) is 0 Å². The van der Waals surface area contributed by atoms with Gasteiger partial charge in [0.05, 0.1) is 16.6 Å². The number of thioether (sulfide) groups is 1. The van der Waals surface area contributed by atoms with Crippen molar-refractivity contribution in [1.82, 2.24) is 14.5 Å². The summed E-state index contributed by atoms with van der Waals surface area (Å²) in [5.41, 5.74) is 2.47. The molecule has 0 amide bonds. The Bertz CT molecular complexity index is 1200. The zero-order chi connectivity index (χ0) is 20.9. The molecule has 0 aliphatic rings. The van der Waals surface area contributed by atoms with Crippen molar-refractivity contribution < 1.29 is 9.15 Å². The maximum atomic E-state index is 13.0. The standard InChI is InChI=1S/C23H23N3O3S/c1-16-20(24-21(29-16)17-9-4-3-5-10-17)15-30-23-25-19-12-7-6-11-18(19)22(27)26(23)13-8-14-28-2/h3-7,9-12H,8,13-15H2,1-2H3. The number of nitrogens with zero attached hydrogens (tertiary/aromatic N) is 3.